The van der Waals surface area contributed by atoms with Crippen LogP contribution >= 0.6 is 0 Å². The molecule has 1 aromatic rings. The molecule has 0 unspecified atom stereocenters. The van der Waals surface area contributed by atoms with Gasteiger partial charge >= 0.3 is 0 Å². The molecule has 0 spiro atoms. The Hall–Kier alpha value is -1.39. The summed E-state index contributed by atoms with van der Waals surface area (Å²) in [6.07, 6.45) is 0. The molecule has 86 valence electrons. The Balaban J connectivity index is 2.27. The molecule has 0 aliphatic carbocycles. The SMILES string of the molecule is COCc1ccccc1N1CCNCC1=O. The van der Waals surface area contributed by atoms with Gasteiger partial charge in [-0.15, -0.1) is 0 Å². The number of para-hydroxylation sites is 1. The van der Waals surface area contributed by atoms with E-state index in [1.807, 2.05) is 29.2 Å². The molecule has 0 bridgehead atoms. The lowest BCUT2D eigenvalue weighted by molar-refractivity contribution is -0.118. The Bertz CT molecular complexity index is 379. The topological polar surface area (TPSA) is 41.6 Å². The number of hydrogen-bond acceptors (Lipinski definition) is 3. The summed E-state index contributed by atoms with van der Waals surface area (Å²) in [6, 6.07) is 7.88. The van der Waals surface area contributed by atoms with Crippen molar-refractivity contribution < 1.29 is 9.53 Å². The van der Waals surface area contributed by atoms with Gasteiger partial charge in [0.2, 0.25) is 5.91 Å². The van der Waals surface area contributed by atoms with Crippen LogP contribution in [0.1, 0.15) is 5.56 Å². The van der Waals surface area contributed by atoms with Crippen molar-refractivity contribution in [1.82, 2.24) is 5.32 Å². The summed E-state index contributed by atoms with van der Waals surface area (Å²) in [5.41, 5.74) is 2.02. The molecule has 1 saturated heterocycles. The Kier molecular flexibility index (Phi) is 3.54. The van der Waals surface area contributed by atoms with Gasteiger partial charge in [0.25, 0.3) is 0 Å². The Morgan fingerprint density at radius 3 is 3.00 bits per heavy atom. The second-order valence-corrected chi connectivity index (χ2v) is 3.78. The van der Waals surface area contributed by atoms with Crippen LogP contribution in [0.3, 0.4) is 0 Å². The highest BCUT2D eigenvalue weighted by Gasteiger charge is 2.20. The van der Waals surface area contributed by atoms with Crippen molar-refractivity contribution in [3.05, 3.63) is 29.8 Å². The minimum absolute atomic E-state index is 0.120. The van der Waals surface area contributed by atoms with Crippen molar-refractivity contribution in [1.29, 1.82) is 0 Å². The summed E-state index contributed by atoms with van der Waals surface area (Å²) in [6.45, 7) is 2.52. The molecule has 2 rings (SSSR count). The van der Waals surface area contributed by atoms with E-state index in [1.54, 1.807) is 7.11 Å². The zero-order chi connectivity index (χ0) is 11.4. The predicted molar refractivity (Wildman–Crippen MR) is 62.4 cm³/mol. The fraction of sp³-hybridized carbons (Fsp3) is 0.417. The molecular weight excluding hydrogens is 204 g/mol. The lowest BCUT2D eigenvalue weighted by atomic mass is 10.1. The van der Waals surface area contributed by atoms with Gasteiger partial charge in [-0.2, -0.15) is 0 Å². The highest BCUT2D eigenvalue weighted by atomic mass is 16.5. The number of rotatable bonds is 3. The van der Waals surface area contributed by atoms with E-state index in [-0.39, 0.29) is 5.91 Å². The van der Waals surface area contributed by atoms with Gasteiger partial charge in [-0.05, 0) is 6.07 Å². The van der Waals surface area contributed by atoms with Gasteiger partial charge in [-0.3, -0.25) is 4.79 Å². The zero-order valence-corrected chi connectivity index (χ0v) is 9.40. The first kappa shape index (κ1) is 11.1. The number of nitrogens with one attached hydrogen (secondary N) is 1. The summed E-state index contributed by atoms with van der Waals surface area (Å²) >= 11 is 0. The van der Waals surface area contributed by atoms with Crippen LogP contribution in [0.5, 0.6) is 0 Å². The van der Waals surface area contributed by atoms with E-state index in [9.17, 15) is 4.79 Å². The van der Waals surface area contributed by atoms with Crippen molar-refractivity contribution in [3.63, 3.8) is 0 Å². The molecule has 4 heteroatoms. The average Bonchev–Trinajstić information content (AvgIpc) is 2.31. The van der Waals surface area contributed by atoms with Crippen molar-refractivity contribution in [2.45, 2.75) is 6.61 Å². The number of methoxy groups -OCH3 is 1. The monoisotopic (exact) mass is 220 g/mol. The molecule has 16 heavy (non-hydrogen) atoms. The van der Waals surface area contributed by atoms with Gasteiger partial charge in [-0.1, -0.05) is 18.2 Å². The van der Waals surface area contributed by atoms with Crippen LogP contribution in [0, 0.1) is 0 Å². The van der Waals surface area contributed by atoms with E-state index in [0.717, 1.165) is 24.3 Å². The normalized spacial score (nSPS) is 16.6. The molecule has 0 saturated carbocycles. The van der Waals surface area contributed by atoms with Crippen LogP contribution in [0.25, 0.3) is 0 Å². The number of carbonyl (C=O) groups excluding carboxylic acids is 1. The third-order valence-electron chi connectivity index (χ3n) is 2.67. The maximum atomic E-state index is 11.8. The Labute approximate surface area is 95.2 Å². The molecule has 0 radical (unpaired) electrons. The number of benzene rings is 1. The van der Waals surface area contributed by atoms with E-state index in [2.05, 4.69) is 5.32 Å². The van der Waals surface area contributed by atoms with E-state index >= 15 is 0 Å². The smallest absolute Gasteiger partial charge is 0.240 e. The molecule has 0 aromatic heterocycles. The van der Waals surface area contributed by atoms with Crippen LogP contribution in [-0.4, -0.2) is 32.7 Å². The molecule has 1 aliphatic rings. The summed E-state index contributed by atoms with van der Waals surface area (Å²) in [5, 5.41) is 3.06. The fourth-order valence-electron chi connectivity index (χ4n) is 1.91. The highest BCUT2D eigenvalue weighted by molar-refractivity contribution is 5.96. The van der Waals surface area contributed by atoms with Gasteiger partial charge in [-0.25, -0.2) is 0 Å². The third kappa shape index (κ3) is 2.23. The van der Waals surface area contributed by atoms with Crippen LogP contribution < -0.4 is 10.2 Å². The summed E-state index contributed by atoms with van der Waals surface area (Å²) in [5.74, 6) is 0.120. The Morgan fingerprint density at radius 2 is 2.25 bits per heavy atom. The second kappa shape index (κ2) is 5.09. The number of carbonyl (C=O) groups is 1. The van der Waals surface area contributed by atoms with Gasteiger partial charge < -0.3 is 15.0 Å². The van der Waals surface area contributed by atoms with Gasteiger partial charge in [0.15, 0.2) is 0 Å². The number of anilines is 1. The first-order valence-electron chi connectivity index (χ1n) is 5.41. The van der Waals surface area contributed by atoms with E-state index in [1.165, 1.54) is 0 Å². The molecular formula is C12H16N2O2. The second-order valence-electron chi connectivity index (χ2n) is 3.78. The van der Waals surface area contributed by atoms with Gasteiger partial charge in [0.05, 0.1) is 13.2 Å². The number of amides is 1. The number of nitrogens with zero attached hydrogens (tertiary/aromatic N) is 1. The number of ether oxygens (including phenoxy) is 1. The van der Waals surface area contributed by atoms with Crippen LogP contribution in [0.2, 0.25) is 0 Å². The molecule has 0 atom stereocenters. The summed E-state index contributed by atoms with van der Waals surface area (Å²) in [4.78, 5) is 13.6. The third-order valence-corrected chi connectivity index (χ3v) is 2.67. The average molecular weight is 220 g/mol. The quantitative estimate of drug-likeness (QED) is 0.818. The van der Waals surface area contributed by atoms with E-state index in [4.69, 9.17) is 4.74 Å². The van der Waals surface area contributed by atoms with Crippen molar-refractivity contribution in [3.8, 4) is 0 Å². The molecule has 1 aliphatic heterocycles. The van der Waals surface area contributed by atoms with Crippen LogP contribution in [-0.2, 0) is 16.1 Å². The predicted octanol–water partition coefficient (Wildman–Crippen LogP) is 0.769. The van der Waals surface area contributed by atoms with Crippen LogP contribution in [0.4, 0.5) is 5.69 Å². The van der Waals surface area contributed by atoms with Crippen molar-refractivity contribution in [2.24, 2.45) is 0 Å². The fourth-order valence-corrected chi connectivity index (χ4v) is 1.91. The maximum absolute atomic E-state index is 11.8. The largest absolute Gasteiger partial charge is 0.380 e. The summed E-state index contributed by atoms with van der Waals surface area (Å²) < 4.78 is 5.14. The highest BCUT2D eigenvalue weighted by Crippen LogP contribution is 2.21. The van der Waals surface area contributed by atoms with Gasteiger partial charge in [0.1, 0.15) is 0 Å². The minimum Gasteiger partial charge on any atom is -0.380 e. The molecule has 1 amide bonds. The zero-order valence-electron chi connectivity index (χ0n) is 9.40. The van der Waals surface area contributed by atoms with E-state index in [0.29, 0.717) is 13.2 Å². The van der Waals surface area contributed by atoms with Gasteiger partial charge in [0, 0.05) is 31.5 Å². The Morgan fingerprint density at radius 1 is 1.44 bits per heavy atom. The lowest BCUT2D eigenvalue weighted by Crippen LogP contribution is -2.48. The van der Waals surface area contributed by atoms with Crippen molar-refractivity contribution in [2.75, 3.05) is 31.6 Å². The number of piperazine rings is 1. The first-order valence-corrected chi connectivity index (χ1v) is 5.41. The standard InChI is InChI=1S/C12H16N2O2/c1-16-9-10-4-2-3-5-11(10)14-7-6-13-8-12(14)15/h2-5,13H,6-9H2,1H3. The van der Waals surface area contributed by atoms with Crippen molar-refractivity contribution >= 4 is 11.6 Å². The lowest BCUT2D eigenvalue weighted by Gasteiger charge is -2.29. The number of hydrogen-bond donors (Lipinski definition) is 1. The first-order chi connectivity index (χ1) is 7.83. The molecule has 1 aromatic carbocycles. The maximum Gasteiger partial charge on any atom is 0.240 e. The molecule has 1 N–H and O–H groups in total. The summed E-state index contributed by atoms with van der Waals surface area (Å²) in [7, 11) is 1.66. The molecule has 1 fully saturated rings. The van der Waals surface area contributed by atoms with Crippen LogP contribution in [0.15, 0.2) is 24.3 Å². The molecule has 1 heterocycles. The minimum atomic E-state index is 0.120. The van der Waals surface area contributed by atoms with E-state index < -0.39 is 0 Å². The molecule has 4 nitrogen and oxygen atoms in total.